The summed E-state index contributed by atoms with van der Waals surface area (Å²) in [5, 5.41) is 9.09. The Balaban J connectivity index is 1.26. The molecule has 2 amide bonds. The summed E-state index contributed by atoms with van der Waals surface area (Å²) in [4.78, 5) is 40.6. The fourth-order valence-corrected chi connectivity index (χ4v) is 4.04. The Morgan fingerprint density at radius 1 is 1.19 bits per heavy atom. The summed E-state index contributed by atoms with van der Waals surface area (Å²) in [5.41, 5.74) is 0.819. The lowest BCUT2D eigenvalue weighted by molar-refractivity contribution is -0.120. The van der Waals surface area contributed by atoms with Crippen molar-refractivity contribution in [2.75, 3.05) is 6.54 Å². The minimum Gasteiger partial charge on any atom is -0.481 e. The molecule has 9 nitrogen and oxygen atoms in total. The Hall–Kier alpha value is -4.08. The molecule has 186 valence electrons. The number of rotatable bonds is 9. The van der Waals surface area contributed by atoms with E-state index in [2.05, 4.69) is 20.8 Å². The second-order valence-electron chi connectivity index (χ2n) is 8.93. The van der Waals surface area contributed by atoms with Crippen molar-refractivity contribution in [3.05, 3.63) is 65.3 Å². The van der Waals surface area contributed by atoms with E-state index in [1.165, 1.54) is 12.1 Å². The van der Waals surface area contributed by atoms with Gasteiger partial charge in [0.1, 0.15) is 17.6 Å². The highest BCUT2D eigenvalue weighted by molar-refractivity contribution is 5.99. The molecular formula is C26H25FN4O5. The zero-order valence-corrected chi connectivity index (χ0v) is 19.6. The first-order chi connectivity index (χ1) is 17.4. The number of amides is 2. The van der Waals surface area contributed by atoms with Gasteiger partial charge in [0.25, 0.3) is 11.8 Å². The Morgan fingerprint density at radius 2 is 1.97 bits per heavy atom. The average Bonchev–Trinajstić information content (AvgIpc) is 3.49. The van der Waals surface area contributed by atoms with E-state index >= 15 is 0 Å². The van der Waals surface area contributed by atoms with Gasteiger partial charge in [-0.15, -0.1) is 0 Å². The van der Waals surface area contributed by atoms with E-state index < -0.39 is 23.9 Å². The zero-order chi connectivity index (χ0) is 25.2. The number of ketones is 1. The molecule has 5 rings (SSSR count). The van der Waals surface area contributed by atoms with E-state index in [1.807, 2.05) is 6.92 Å². The predicted octanol–water partition coefficient (Wildman–Crippen LogP) is 3.62. The first-order valence-electron chi connectivity index (χ1n) is 12.0. The number of nitrogens with zero attached hydrogens (tertiary/aromatic N) is 2. The van der Waals surface area contributed by atoms with Crippen LogP contribution in [0.25, 0.3) is 11.4 Å². The van der Waals surface area contributed by atoms with Crippen LogP contribution >= 0.6 is 0 Å². The molecule has 1 aromatic heterocycles. The molecule has 1 saturated heterocycles. The largest absolute Gasteiger partial charge is 0.481 e. The van der Waals surface area contributed by atoms with Crippen LogP contribution in [-0.4, -0.2) is 40.3 Å². The first kappa shape index (κ1) is 23.7. The number of carbonyl (C=O) groups excluding carboxylic acids is 3. The fourth-order valence-electron chi connectivity index (χ4n) is 4.04. The van der Waals surface area contributed by atoms with Crippen LogP contribution < -0.4 is 15.4 Å². The quantitative estimate of drug-likeness (QED) is 0.437. The number of hydrogen-bond acceptors (Lipinski definition) is 7. The van der Waals surface area contributed by atoms with E-state index in [1.54, 1.807) is 24.3 Å². The van der Waals surface area contributed by atoms with Gasteiger partial charge >= 0.3 is 0 Å². The zero-order valence-electron chi connectivity index (χ0n) is 19.6. The second kappa shape index (κ2) is 9.88. The SMILES string of the molecule is CC[C@@H](Oc1ccc(C(=O)C2CC2)cc1)c1nc(-c2ccc(C(=O)N[C@H]3CCNC3=O)c(F)c2)no1. The molecular weight excluding hydrogens is 467 g/mol. The van der Waals surface area contributed by atoms with Crippen LogP contribution in [0.15, 0.2) is 47.0 Å². The third-order valence-corrected chi connectivity index (χ3v) is 6.28. The van der Waals surface area contributed by atoms with Crippen molar-refractivity contribution in [2.24, 2.45) is 5.92 Å². The summed E-state index contributed by atoms with van der Waals surface area (Å²) in [6.07, 6.45) is 2.36. The van der Waals surface area contributed by atoms with Crippen molar-refractivity contribution >= 4 is 17.6 Å². The highest BCUT2D eigenvalue weighted by Crippen LogP contribution is 2.33. The average molecular weight is 493 g/mol. The molecule has 0 radical (unpaired) electrons. The molecule has 2 aliphatic rings. The van der Waals surface area contributed by atoms with Crippen LogP contribution in [0.2, 0.25) is 0 Å². The summed E-state index contributed by atoms with van der Waals surface area (Å²) in [5.74, 6) is -0.466. The molecule has 2 heterocycles. The van der Waals surface area contributed by atoms with E-state index in [-0.39, 0.29) is 34.9 Å². The third-order valence-electron chi connectivity index (χ3n) is 6.28. The van der Waals surface area contributed by atoms with Gasteiger partial charge in [0.2, 0.25) is 11.7 Å². The Kier molecular flexibility index (Phi) is 6.49. The van der Waals surface area contributed by atoms with Gasteiger partial charge in [-0.3, -0.25) is 14.4 Å². The van der Waals surface area contributed by atoms with Crippen molar-refractivity contribution in [2.45, 2.75) is 44.8 Å². The molecule has 10 heteroatoms. The first-order valence-corrected chi connectivity index (χ1v) is 12.0. The molecule has 1 aliphatic heterocycles. The highest BCUT2D eigenvalue weighted by Gasteiger charge is 2.30. The minimum atomic E-state index is -0.765. The minimum absolute atomic E-state index is 0.151. The van der Waals surface area contributed by atoms with Gasteiger partial charge in [0, 0.05) is 23.6 Å². The Bertz CT molecular complexity index is 1300. The number of Topliss-reactive ketones (excluding diaryl/α,β-unsaturated/α-hetero) is 1. The number of benzene rings is 2. The normalized spacial score (nSPS) is 17.9. The molecule has 2 N–H and O–H groups in total. The van der Waals surface area contributed by atoms with Crippen molar-refractivity contribution in [3.63, 3.8) is 0 Å². The monoisotopic (exact) mass is 492 g/mol. The molecule has 2 fully saturated rings. The van der Waals surface area contributed by atoms with Crippen molar-refractivity contribution < 1.29 is 28.0 Å². The van der Waals surface area contributed by atoms with Crippen molar-refractivity contribution in [1.29, 1.82) is 0 Å². The summed E-state index contributed by atoms with van der Waals surface area (Å²) in [6.45, 7) is 2.37. The lowest BCUT2D eigenvalue weighted by Crippen LogP contribution is -2.40. The standard InChI is InChI=1S/C26H25FN4O5/c1-2-21(35-17-8-5-15(6-9-17)22(32)14-3-4-14)26-30-23(31-36-26)16-7-10-18(19(27)13-16)24(33)29-20-11-12-28-25(20)34/h5-10,13-14,20-21H,2-4,11-12H2,1H3,(H,28,34)(H,29,33)/t20-,21+/m0/s1. The maximum absolute atomic E-state index is 14.7. The van der Waals surface area contributed by atoms with E-state index in [0.717, 1.165) is 18.9 Å². The van der Waals surface area contributed by atoms with Crippen molar-refractivity contribution in [1.82, 2.24) is 20.8 Å². The molecule has 2 atom stereocenters. The van der Waals surface area contributed by atoms with Crippen LogP contribution in [0, 0.1) is 11.7 Å². The van der Waals surface area contributed by atoms with Gasteiger partial charge in [0.15, 0.2) is 11.9 Å². The van der Waals surface area contributed by atoms with E-state index in [9.17, 15) is 18.8 Å². The maximum Gasteiger partial charge on any atom is 0.268 e. The third kappa shape index (κ3) is 4.98. The number of carbonyl (C=O) groups is 3. The van der Waals surface area contributed by atoms with E-state index in [0.29, 0.717) is 36.3 Å². The molecule has 0 spiro atoms. The van der Waals surface area contributed by atoms with Crippen LogP contribution in [0.5, 0.6) is 5.75 Å². The summed E-state index contributed by atoms with van der Waals surface area (Å²) in [7, 11) is 0. The number of ether oxygens (including phenoxy) is 1. The van der Waals surface area contributed by atoms with Crippen LogP contribution in [0.4, 0.5) is 4.39 Å². The summed E-state index contributed by atoms with van der Waals surface area (Å²) < 4.78 is 26.1. The highest BCUT2D eigenvalue weighted by atomic mass is 19.1. The second-order valence-corrected chi connectivity index (χ2v) is 8.93. The van der Waals surface area contributed by atoms with Crippen LogP contribution in [0.1, 0.15) is 65.3 Å². The molecule has 2 aromatic carbocycles. The molecule has 1 aliphatic carbocycles. The molecule has 0 unspecified atom stereocenters. The number of aromatic nitrogens is 2. The van der Waals surface area contributed by atoms with Gasteiger partial charge in [0.05, 0.1) is 5.56 Å². The number of hydrogen-bond donors (Lipinski definition) is 2. The van der Waals surface area contributed by atoms with Gasteiger partial charge in [-0.2, -0.15) is 4.98 Å². The summed E-state index contributed by atoms with van der Waals surface area (Å²) in [6, 6.07) is 10.3. The number of halogens is 1. The Morgan fingerprint density at radius 3 is 2.61 bits per heavy atom. The molecule has 1 saturated carbocycles. The molecule has 3 aromatic rings. The van der Waals surface area contributed by atoms with Gasteiger partial charge < -0.3 is 19.9 Å². The maximum atomic E-state index is 14.7. The van der Waals surface area contributed by atoms with Gasteiger partial charge in [-0.05, 0) is 62.1 Å². The van der Waals surface area contributed by atoms with E-state index in [4.69, 9.17) is 9.26 Å². The lowest BCUT2D eigenvalue weighted by atomic mass is 10.1. The lowest BCUT2D eigenvalue weighted by Gasteiger charge is -2.13. The Labute approximate surface area is 206 Å². The van der Waals surface area contributed by atoms with Crippen LogP contribution in [0.3, 0.4) is 0 Å². The smallest absolute Gasteiger partial charge is 0.268 e. The summed E-state index contributed by atoms with van der Waals surface area (Å²) >= 11 is 0. The van der Waals surface area contributed by atoms with Crippen molar-refractivity contribution in [3.8, 4) is 17.1 Å². The molecule has 0 bridgehead atoms. The van der Waals surface area contributed by atoms with Gasteiger partial charge in [-0.25, -0.2) is 4.39 Å². The van der Waals surface area contributed by atoms with Crippen LogP contribution in [-0.2, 0) is 4.79 Å². The fraction of sp³-hybridized carbons (Fsp3) is 0.346. The topological polar surface area (TPSA) is 123 Å². The number of nitrogens with one attached hydrogen (secondary N) is 2. The molecule has 36 heavy (non-hydrogen) atoms. The van der Waals surface area contributed by atoms with Gasteiger partial charge in [-0.1, -0.05) is 18.1 Å². The predicted molar refractivity (Wildman–Crippen MR) is 126 cm³/mol.